The zero-order valence-electron chi connectivity index (χ0n) is 18.9. The van der Waals surface area contributed by atoms with Gasteiger partial charge in [-0.25, -0.2) is 4.39 Å². The lowest BCUT2D eigenvalue weighted by atomic mass is 10.00. The Balaban J connectivity index is 2.02. The Morgan fingerprint density at radius 1 is 1.00 bits per heavy atom. The molecular weight excluding hydrogens is 429 g/mol. The fourth-order valence-corrected chi connectivity index (χ4v) is 3.05. The van der Waals surface area contributed by atoms with Crippen LogP contribution in [0.3, 0.4) is 0 Å². The summed E-state index contributed by atoms with van der Waals surface area (Å²) in [7, 11) is 0. The Kier molecular flexibility index (Phi) is 7.67. The number of anilines is 1. The van der Waals surface area contributed by atoms with Gasteiger partial charge in [0, 0.05) is 16.5 Å². The summed E-state index contributed by atoms with van der Waals surface area (Å²) in [6, 6.07) is 8.16. The van der Waals surface area contributed by atoms with E-state index in [2.05, 4.69) is 10.4 Å². The molecule has 0 aliphatic carbocycles. The summed E-state index contributed by atoms with van der Waals surface area (Å²) >= 11 is 0. The maximum atomic E-state index is 13.3. The number of fused-ring (bicyclic) bond motifs is 1. The Labute approximate surface area is 190 Å². The molecule has 33 heavy (non-hydrogen) atoms. The minimum Gasteiger partial charge on any atom is -0.369 e. The van der Waals surface area contributed by atoms with Crippen molar-refractivity contribution in [2.24, 2.45) is 0 Å². The molecule has 174 valence electrons. The van der Waals surface area contributed by atoms with E-state index < -0.39 is 23.4 Å². The van der Waals surface area contributed by atoms with Gasteiger partial charge in [-0.05, 0) is 64.1 Å². The van der Waals surface area contributed by atoms with Crippen molar-refractivity contribution in [1.82, 2.24) is 9.78 Å². The van der Waals surface area contributed by atoms with Gasteiger partial charge in [-0.3, -0.25) is 14.4 Å². The second-order valence-electron chi connectivity index (χ2n) is 8.01. The smallest absolute Gasteiger partial charge is 0.273 e. The van der Waals surface area contributed by atoms with Crippen LogP contribution < -0.4 is 5.32 Å². The number of nitrogens with zero attached hydrogens (tertiary/aromatic N) is 2. The van der Waals surface area contributed by atoms with Crippen molar-refractivity contribution < 1.29 is 28.2 Å². The van der Waals surface area contributed by atoms with Gasteiger partial charge in [0.05, 0.1) is 29.6 Å². The van der Waals surface area contributed by atoms with E-state index >= 15 is 0 Å². The highest BCUT2D eigenvalue weighted by molar-refractivity contribution is 6.16. The predicted molar refractivity (Wildman–Crippen MR) is 121 cm³/mol. The number of aromatic nitrogens is 2. The van der Waals surface area contributed by atoms with Gasteiger partial charge in [-0.1, -0.05) is 0 Å². The Bertz CT molecular complexity index is 1170. The van der Waals surface area contributed by atoms with Crippen LogP contribution in [0.25, 0.3) is 10.9 Å². The molecule has 0 bridgehead atoms. The zero-order valence-corrected chi connectivity index (χ0v) is 18.9. The van der Waals surface area contributed by atoms with E-state index in [-0.39, 0.29) is 42.2 Å². The number of hydrogen-bond acceptors (Lipinski definition) is 6. The first-order valence-electron chi connectivity index (χ1n) is 10.5. The van der Waals surface area contributed by atoms with Crippen LogP contribution in [0.15, 0.2) is 42.6 Å². The highest BCUT2D eigenvalue weighted by Crippen LogP contribution is 2.27. The SMILES string of the molecule is CC(C)OCC(=O)Nc1cc2c(cnn2C(=O)COC(C)C)cc1C(=O)c1ccc(F)cc1. The third-order valence-corrected chi connectivity index (χ3v) is 4.66. The number of benzene rings is 2. The topological polar surface area (TPSA) is 99.5 Å². The Morgan fingerprint density at radius 3 is 2.27 bits per heavy atom. The summed E-state index contributed by atoms with van der Waals surface area (Å²) in [5.41, 5.74) is 1.02. The molecule has 0 saturated carbocycles. The van der Waals surface area contributed by atoms with E-state index in [4.69, 9.17) is 9.47 Å². The van der Waals surface area contributed by atoms with Gasteiger partial charge < -0.3 is 14.8 Å². The molecule has 1 heterocycles. The van der Waals surface area contributed by atoms with Crippen molar-refractivity contribution >= 4 is 34.2 Å². The van der Waals surface area contributed by atoms with Gasteiger partial charge in [0.1, 0.15) is 19.0 Å². The van der Waals surface area contributed by atoms with E-state index in [0.717, 1.165) is 0 Å². The molecule has 8 nitrogen and oxygen atoms in total. The lowest BCUT2D eigenvalue weighted by Crippen LogP contribution is -2.23. The third kappa shape index (κ3) is 6.09. The normalized spacial score (nSPS) is 11.4. The minimum absolute atomic E-state index is 0.133. The largest absolute Gasteiger partial charge is 0.369 e. The first-order chi connectivity index (χ1) is 15.7. The second kappa shape index (κ2) is 10.5. The number of halogens is 1. The molecule has 1 N–H and O–H groups in total. The number of nitrogens with one attached hydrogen (secondary N) is 1. The average molecular weight is 455 g/mol. The molecule has 0 aliphatic heterocycles. The van der Waals surface area contributed by atoms with E-state index in [1.807, 2.05) is 13.8 Å². The number of amides is 1. The lowest BCUT2D eigenvalue weighted by Gasteiger charge is -2.13. The summed E-state index contributed by atoms with van der Waals surface area (Å²) in [6.07, 6.45) is 1.17. The van der Waals surface area contributed by atoms with E-state index in [1.54, 1.807) is 19.9 Å². The molecule has 0 saturated heterocycles. The molecule has 1 amide bonds. The predicted octanol–water partition coefficient (Wildman–Crippen LogP) is 3.84. The Hall–Kier alpha value is -3.43. The van der Waals surface area contributed by atoms with Crippen molar-refractivity contribution in [3.05, 3.63) is 59.5 Å². The molecule has 1 aromatic heterocycles. The molecule has 0 aliphatic rings. The monoisotopic (exact) mass is 455 g/mol. The first kappa shape index (κ1) is 24.2. The molecule has 3 rings (SSSR count). The third-order valence-electron chi connectivity index (χ3n) is 4.66. The van der Waals surface area contributed by atoms with Crippen LogP contribution in [-0.2, 0) is 14.3 Å². The standard InChI is InChI=1S/C24H26FN3O5/c1-14(2)32-12-22(29)27-20-10-21-17(11-26-28(21)23(30)13-33-15(3)4)9-19(20)24(31)16-5-7-18(25)8-6-16/h5-11,14-15H,12-13H2,1-4H3,(H,27,29). The van der Waals surface area contributed by atoms with Gasteiger partial charge in [-0.15, -0.1) is 0 Å². The Morgan fingerprint density at radius 2 is 1.64 bits per heavy atom. The average Bonchev–Trinajstić information content (AvgIpc) is 3.18. The summed E-state index contributed by atoms with van der Waals surface area (Å²) in [4.78, 5) is 38.2. The van der Waals surface area contributed by atoms with Crippen LogP contribution in [0, 0.1) is 5.82 Å². The molecule has 0 unspecified atom stereocenters. The van der Waals surface area contributed by atoms with E-state index in [9.17, 15) is 18.8 Å². The lowest BCUT2D eigenvalue weighted by molar-refractivity contribution is -0.121. The van der Waals surface area contributed by atoms with Gasteiger partial charge in [0.2, 0.25) is 5.91 Å². The van der Waals surface area contributed by atoms with Crippen LogP contribution in [0.5, 0.6) is 0 Å². The minimum atomic E-state index is -0.468. The molecule has 9 heteroatoms. The number of carbonyl (C=O) groups is 3. The van der Waals surface area contributed by atoms with Gasteiger partial charge >= 0.3 is 0 Å². The van der Waals surface area contributed by atoms with Crippen molar-refractivity contribution in [2.45, 2.75) is 39.9 Å². The maximum absolute atomic E-state index is 13.3. The highest BCUT2D eigenvalue weighted by Gasteiger charge is 2.20. The van der Waals surface area contributed by atoms with Crippen molar-refractivity contribution in [3.8, 4) is 0 Å². The fraction of sp³-hybridized carbons (Fsp3) is 0.333. The number of hydrogen-bond donors (Lipinski definition) is 1. The van der Waals surface area contributed by atoms with Crippen LogP contribution in [0.2, 0.25) is 0 Å². The molecule has 3 aromatic rings. The summed E-state index contributed by atoms with van der Waals surface area (Å²) < 4.78 is 25.2. The summed E-state index contributed by atoms with van der Waals surface area (Å²) in [5.74, 6) is -1.74. The molecular formula is C24H26FN3O5. The molecule has 0 atom stereocenters. The molecule has 0 fully saturated rings. The highest BCUT2D eigenvalue weighted by atomic mass is 19.1. The van der Waals surface area contributed by atoms with Crippen LogP contribution >= 0.6 is 0 Å². The van der Waals surface area contributed by atoms with E-state index in [1.165, 1.54) is 41.2 Å². The van der Waals surface area contributed by atoms with Crippen LogP contribution in [0.4, 0.5) is 10.1 Å². The molecule has 0 spiro atoms. The van der Waals surface area contributed by atoms with Crippen molar-refractivity contribution in [2.75, 3.05) is 18.5 Å². The van der Waals surface area contributed by atoms with Gasteiger partial charge in [0.25, 0.3) is 5.91 Å². The summed E-state index contributed by atoms with van der Waals surface area (Å²) in [6.45, 7) is 6.84. The summed E-state index contributed by atoms with van der Waals surface area (Å²) in [5, 5.41) is 7.33. The number of carbonyl (C=O) groups excluding carboxylic acids is 3. The fourth-order valence-electron chi connectivity index (χ4n) is 3.05. The number of rotatable bonds is 9. The first-order valence-corrected chi connectivity index (χ1v) is 10.5. The van der Waals surface area contributed by atoms with Crippen LogP contribution in [0.1, 0.15) is 48.4 Å². The van der Waals surface area contributed by atoms with Crippen LogP contribution in [-0.4, -0.2) is 52.8 Å². The van der Waals surface area contributed by atoms with E-state index in [0.29, 0.717) is 10.9 Å². The number of ether oxygens (including phenoxy) is 2. The second-order valence-corrected chi connectivity index (χ2v) is 8.01. The van der Waals surface area contributed by atoms with Gasteiger partial charge in [0.15, 0.2) is 5.78 Å². The molecule has 2 aromatic carbocycles. The van der Waals surface area contributed by atoms with Crippen molar-refractivity contribution in [1.29, 1.82) is 0 Å². The van der Waals surface area contributed by atoms with Crippen molar-refractivity contribution in [3.63, 3.8) is 0 Å². The molecule has 0 radical (unpaired) electrons. The number of ketones is 1. The van der Waals surface area contributed by atoms with Gasteiger partial charge in [-0.2, -0.15) is 9.78 Å². The quantitative estimate of drug-likeness (QED) is 0.492. The maximum Gasteiger partial charge on any atom is 0.273 e. The zero-order chi connectivity index (χ0) is 24.1.